The third-order valence-electron chi connectivity index (χ3n) is 3.19. The zero-order valence-electron chi connectivity index (χ0n) is 11.4. The number of hydrogen-bond donors (Lipinski definition) is 1. The van der Waals surface area contributed by atoms with Gasteiger partial charge in [0.15, 0.2) is 0 Å². The average molecular weight is 285 g/mol. The number of nitrogens with zero attached hydrogens (tertiary/aromatic N) is 2. The Morgan fingerprint density at radius 3 is 2.84 bits per heavy atom. The van der Waals surface area contributed by atoms with Crippen molar-refractivity contribution < 1.29 is 13.2 Å². The second kappa shape index (κ2) is 5.07. The van der Waals surface area contributed by atoms with Crippen molar-refractivity contribution in [3.8, 4) is 0 Å². The van der Waals surface area contributed by atoms with Crippen molar-refractivity contribution in [3.05, 3.63) is 18.5 Å². The van der Waals surface area contributed by atoms with Gasteiger partial charge in [0.2, 0.25) is 10.0 Å². The molecule has 1 aromatic rings. The smallest absolute Gasteiger partial charge is 0.247 e. The van der Waals surface area contributed by atoms with Crippen LogP contribution < -0.4 is 5.32 Å². The predicted molar refractivity (Wildman–Crippen MR) is 72.6 cm³/mol. The zero-order chi connectivity index (χ0) is 14.1. The maximum atomic E-state index is 12.8. The molecule has 1 fully saturated rings. The number of aromatic nitrogens is 1. The van der Waals surface area contributed by atoms with Crippen molar-refractivity contribution in [1.82, 2.24) is 9.29 Å². The quantitative estimate of drug-likeness (QED) is 0.894. The Hall–Kier alpha value is -1.18. The Kier molecular flexibility index (Phi) is 3.80. The van der Waals surface area contributed by atoms with Crippen LogP contribution in [0.3, 0.4) is 0 Å². The molecule has 0 atom stereocenters. The largest absolute Gasteiger partial charge is 0.387 e. The van der Waals surface area contributed by atoms with E-state index < -0.39 is 15.6 Å². The number of ether oxygens (including phenoxy) is 1. The lowest BCUT2D eigenvalue weighted by atomic mass is 10.1. The molecule has 1 aliphatic rings. The lowest BCUT2D eigenvalue weighted by Crippen LogP contribution is -2.55. The van der Waals surface area contributed by atoms with Crippen LogP contribution >= 0.6 is 0 Å². The van der Waals surface area contributed by atoms with Gasteiger partial charge in [-0.25, -0.2) is 8.42 Å². The Morgan fingerprint density at radius 1 is 1.47 bits per heavy atom. The van der Waals surface area contributed by atoms with Crippen LogP contribution in [-0.2, 0) is 14.8 Å². The maximum Gasteiger partial charge on any atom is 0.247 e. The average Bonchev–Trinajstić information content (AvgIpc) is 2.37. The molecule has 1 N–H and O–H groups in total. The van der Waals surface area contributed by atoms with Gasteiger partial charge in [-0.05, 0) is 19.9 Å². The summed E-state index contributed by atoms with van der Waals surface area (Å²) in [7, 11) is -1.89. The van der Waals surface area contributed by atoms with E-state index in [-0.39, 0.29) is 4.90 Å². The van der Waals surface area contributed by atoms with Crippen molar-refractivity contribution in [1.29, 1.82) is 0 Å². The number of anilines is 1. The zero-order valence-corrected chi connectivity index (χ0v) is 12.2. The van der Waals surface area contributed by atoms with Gasteiger partial charge in [-0.2, -0.15) is 4.31 Å². The second-order valence-electron chi connectivity index (χ2n) is 5.06. The summed E-state index contributed by atoms with van der Waals surface area (Å²) >= 11 is 0. The van der Waals surface area contributed by atoms with Crippen LogP contribution in [0.25, 0.3) is 0 Å². The summed E-state index contributed by atoms with van der Waals surface area (Å²) in [6.45, 7) is 4.88. The van der Waals surface area contributed by atoms with E-state index in [1.807, 2.05) is 13.8 Å². The Morgan fingerprint density at radius 2 is 2.21 bits per heavy atom. The highest BCUT2D eigenvalue weighted by Crippen LogP contribution is 2.30. The molecular formula is C12H19N3O3S. The maximum absolute atomic E-state index is 12.8. The summed E-state index contributed by atoms with van der Waals surface area (Å²) < 4.78 is 32.4. The molecule has 19 heavy (non-hydrogen) atoms. The number of pyridine rings is 1. The first-order chi connectivity index (χ1) is 8.89. The molecule has 0 radical (unpaired) electrons. The van der Waals surface area contributed by atoms with Crippen molar-refractivity contribution in [2.75, 3.05) is 32.1 Å². The number of sulfonamides is 1. The van der Waals surface area contributed by atoms with Crippen LogP contribution in [0.5, 0.6) is 0 Å². The minimum atomic E-state index is -3.58. The Balaban J connectivity index is 2.47. The van der Waals surface area contributed by atoms with E-state index in [0.717, 1.165) is 0 Å². The molecule has 1 aromatic heterocycles. The van der Waals surface area contributed by atoms with Crippen LogP contribution in [0.15, 0.2) is 23.4 Å². The normalized spacial score (nSPS) is 20.2. The monoisotopic (exact) mass is 285 g/mol. The van der Waals surface area contributed by atoms with Crippen molar-refractivity contribution in [2.45, 2.75) is 24.3 Å². The molecule has 0 bridgehead atoms. The van der Waals surface area contributed by atoms with E-state index in [9.17, 15) is 8.42 Å². The van der Waals surface area contributed by atoms with E-state index in [1.165, 1.54) is 10.5 Å². The molecule has 2 rings (SSSR count). The predicted octanol–water partition coefficient (Wildman–Crippen LogP) is 0.923. The number of rotatable bonds is 3. The van der Waals surface area contributed by atoms with Gasteiger partial charge in [0.1, 0.15) is 4.90 Å². The number of morpholine rings is 1. The molecule has 0 unspecified atom stereocenters. The fourth-order valence-corrected chi connectivity index (χ4v) is 4.10. The molecule has 0 aromatic carbocycles. The van der Waals surface area contributed by atoms with Crippen LogP contribution in [0.2, 0.25) is 0 Å². The lowest BCUT2D eigenvalue weighted by molar-refractivity contribution is -0.00769. The molecule has 6 nitrogen and oxygen atoms in total. The third kappa shape index (κ3) is 2.58. The van der Waals surface area contributed by atoms with Crippen molar-refractivity contribution in [3.63, 3.8) is 0 Å². The summed E-state index contributed by atoms with van der Waals surface area (Å²) in [4.78, 5) is 4.13. The first-order valence-electron chi connectivity index (χ1n) is 6.12. The number of nitrogens with one attached hydrogen (secondary N) is 1. The van der Waals surface area contributed by atoms with Crippen molar-refractivity contribution in [2.24, 2.45) is 0 Å². The fourth-order valence-electron chi connectivity index (χ4n) is 2.20. The lowest BCUT2D eigenvalue weighted by Gasteiger charge is -2.40. The first kappa shape index (κ1) is 14.2. The van der Waals surface area contributed by atoms with Gasteiger partial charge in [-0.3, -0.25) is 4.98 Å². The molecular weight excluding hydrogens is 266 g/mol. The summed E-state index contributed by atoms with van der Waals surface area (Å²) in [5.74, 6) is 0. The molecule has 7 heteroatoms. The van der Waals surface area contributed by atoms with E-state index in [4.69, 9.17) is 4.74 Å². The highest BCUT2D eigenvalue weighted by atomic mass is 32.2. The number of hydrogen-bond acceptors (Lipinski definition) is 5. The summed E-state index contributed by atoms with van der Waals surface area (Å²) in [5.41, 5.74) is -0.00455. The van der Waals surface area contributed by atoms with E-state index in [1.54, 1.807) is 19.3 Å². The summed E-state index contributed by atoms with van der Waals surface area (Å²) in [6.07, 6.45) is 2.95. The molecule has 1 saturated heterocycles. The molecule has 106 valence electrons. The highest BCUT2D eigenvalue weighted by Gasteiger charge is 2.40. The van der Waals surface area contributed by atoms with Crippen LogP contribution in [-0.4, -0.2) is 50.1 Å². The minimum Gasteiger partial charge on any atom is -0.387 e. The first-order valence-corrected chi connectivity index (χ1v) is 7.56. The van der Waals surface area contributed by atoms with Gasteiger partial charge >= 0.3 is 0 Å². The van der Waals surface area contributed by atoms with Crippen LogP contribution in [0, 0.1) is 0 Å². The Bertz CT molecular complexity index is 557. The molecule has 0 aliphatic carbocycles. The van der Waals surface area contributed by atoms with Gasteiger partial charge in [0.25, 0.3) is 0 Å². The highest BCUT2D eigenvalue weighted by molar-refractivity contribution is 7.89. The topological polar surface area (TPSA) is 71.5 Å². The molecule has 2 heterocycles. The van der Waals surface area contributed by atoms with Crippen molar-refractivity contribution >= 4 is 15.7 Å². The molecule has 0 saturated carbocycles. The van der Waals surface area contributed by atoms with E-state index in [0.29, 0.717) is 25.4 Å². The van der Waals surface area contributed by atoms with E-state index in [2.05, 4.69) is 10.3 Å². The minimum absolute atomic E-state index is 0.201. The fraction of sp³-hybridized carbons (Fsp3) is 0.583. The van der Waals surface area contributed by atoms with E-state index >= 15 is 0 Å². The van der Waals surface area contributed by atoms with Crippen LogP contribution in [0.4, 0.5) is 5.69 Å². The third-order valence-corrected chi connectivity index (χ3v) is 5.33. The SMILES string of the molecule is CNc1ccncc1S(=O)(=O)N1CCOCC1(C)C. The van der Waals surface area contributed by atoms with Crippen LogP contribution in [0.1, 0.15) is 13.8 Å². The van der Waals surface area contributed by atoms with Gasteiger partial charge in [-0.1, -0.05) is 0 Å². The molecule has 0 amide bonds. The molecule has 0 spiro atoms. The second-order valence-corrected chi connectivity index (χ2v) is 6.89. The van der Waals surface area contributed by atoms with Gasteiger partial charge in [0, 0.05) is 26.0 Å². The van der Waals surface area contributed by atoms with Gasteiger partial charge < -0.3 is 10.1 Å². The van der Waals surface area contributed by atoms with Gasteiger partial charge in [-0.15, -0.1) is 0 Å². The Labute approximate surface area is 113 Å². The standard InChI is InChI=1S/C12H19N3O3S/c1-12(2)9-18-7-6-15(12)19(16,17)11-8-14-5-4-10(11)13-3/h4-5,8H,6-7,9H2,1-3H3,(H,13,14). The summed E-state index contributed by atoms with van der Waals surface area (Å²) in [6, 6.07) is 1.65. The summed E-state index contributed by atoms with van der Waals surface area (Å²) in [5, 5.41) is 2.89. The van der Waals surface area contributed by atoms with Gasteiger partial charge in [0.05, 0.1) is 24.4 Å². The molecule has 1 aliphatic heterocycles.